The first kappa shape index (κ1) is 15.7. The average molecular weight is 322 g/mol. The molecule has 8 nitrogen and oxygen atoms in total. The van der Waals surface area contributed by atoms with E-state index in [0.717, 1.165) is 0 Å². The number of carbonyl (C=O) groups excluding carboxylic acids is 2. The van der Waals surface area contributed by atoms with Gasteiger partial charge >= 0.3 is 5.97 Å². The van der Waals surface area contributed by atoms with Gasteiger partial charge in [0.15, 0.2) is 0 Å². The Morgan fingerprint density at radius 2 is 2.14 bits per heavy atom. The average Bonchev–Trinajstić information content (AvgIpc) is 2.73. The Morgan fingerprint density at radius 3 is 2.73 bits per heavy atom. The van der Waals surface area contributed by atoms with Gasteiger partial charge in [0.25, 0.3) is 16.8 Å². The molecular formula is C13H10N2O6S. The van der Waals surface area contributed by atoms with Gasteiger partial charge in [0.2, 0.25) is 0 Å². The summed E-state index contributed by atoms with van der Waals surface area (Å²) in [5.41, 5.74) is 0.231. The quantitative estimate of drug-likeness (QED) is 0.512. The van der Waals surface area contributed by atoms with E-state index in [-0.39, 0.29) is 10.6 Å². The van der Waals surface area contributed by atoms with Crippen LogP contribution in [0, 0.1) is 10.1 Å². The van der Waals surface area contributed by atoms with Gasteiger partial charge in [-0.05, 0) is 30.3 Å². The van der Waals surface area contributed by atoms with Crippen molar-refractivity contribution >= 4 is 40.6 Å². The van der Waals surface area contributed by atoms with Crippen molar-refractivity contribution in [1.82, 2.24) is 4.90 Å². The number of hydrogen-bond acceptors (Lipinski definition) is 6. The number of non-ortho nitro benzene ring substituents is 1. The summed E-state index contributed by atoms with van der Waals surface area (Å²) in [5.74, 6) is -2.02. The number of rotatable bonds is 4. The number of carboxylic acids is 1. The van der Waals surface area contributed by atoms with E-state index in [2.05, 4.69) is 0 Å². The molecule has 1 aromatic rings. The lowest BCUT2D eigenvalue weighted by atomic mass is 10.2. The predicted octanol–water partition coefficient (Wildman–Crippen LogP) is 2.10. The third-order valence-corrected chi connectivity index (χ3v) is 3.83. The van der Waals surface area contributed by atoms with Gasteiger partial charge in [-0.2, -0.15) is 0 Å². The molecule has 9 heteroatoms. The molecular weight excluding hydrogens is 312 g/mol. The number of imide groups is 1. The molecule has 22 heavy (non-hydrogen) atoms. The number of hydrogen-bond donors (Lipinski definition) is 1. The summed E-state index contributed by atoms with van der Waals surface area (Å²) in [6.45, 7) is 1.23. The van der Waals surface area contributed by atoms with E-state index in [9.17, 15) is 24.5 Å². The standard InChI is InChI=1S/C13H10N2O6S/c1-7(12(17)18)14-11(16)10(22-13(14)19)6-8-3-2-4-9(5-8)15(20)21/h2-7H,1H3,(H,17,18)/b10-6-/t7-/m0/s1. The largest absolute Gasteiger partial charge is 0.480 e. The third-order valence-electron chi connectivity index (χ3n) is 2.95. The van der Waals surface area contributed by atoms with Crippen molar-refractivity contribution in [2.24, 2.45) is 0 Å². The SMILES string of the molecule is C[C@@H](C(=O)O)N1C(=O)S/C(=C\c2cccc([N+](=O)[O-])c2)C1=O. The lowest BCUT2D eigenvalue weighted by Crippen LogP contribution is -2.41. The molecule has 114 valence electrons. The van der Waals surface area contributed by atoms with E-state index < -0.39 is 28.1 Å². The molecule has 1 atom stereocenters. The van der Waals surface area contributed by atoms with E-state index in [1.54, 1.807) is 6.07 Å². The first-order valence-corrected chi connectivity index (χ1v) is 6.87. The maximum Gasteiger partial charge on any atom is 0.326 e. The highest BCUT2D eigenvalue weighted by molar-refractivity contribution is 8.18. The number of amides is 2. The van der Waals surface area contributed by atoms with Gasteiger partial charge in [0.05, 0.1) is 9.83 Å². The lowest BCUT2D eigenvalue weighted by molar-refractivity contribution is -0.384. The highest BCUT2D eigenvalue weighted by Gasteiger charge is 2.40. The van der Waals surface area contributed by atoms with Crippen LogP contribution in [0.2, 0.25) is 0 Å². The smallest absolute Gasteiger partial charge is 0.326 e. The minimum Gasteiger partial charge on any atom is -0.480 e. The Kier molecular flexibility index (Phi) is 4.27. The van der Waals surface area contributed by atoms with E-state index >= 15 is 0 Å². The molecule has 0 aliphatic carbocycles. The van der Waals surface area contributed by atoms with Gasteiger partial charge in [0.1, 0.15) is 6.04 Å². The summed E-state index contributed by atoms with van der Waals surface area (Å²) in [4.78, 5) is 45.6. The zero-order valence-electron chi connectivity index (χ0n) is 11.3. The van der Waals surface area contributed by atoms with E-state index in [0.29, 0.717) is 22.2 Å². The van der Waals surface area contributed by atoms with Crippen molar-refractivity contribution in [3.05, 3.63) is 44.8 Å². The number of aliphatic carboxylic acids is 1. The van der Waals surface area contributed by atoms with Crippen LogP contribution in [0.15, 0.2) is 29.2 Å². The molecule has 0 aromatic heterocycles. The Hall–Kier alpha value is -2.68. The monoisotopic (exact) mass is 322 g/mol. The fourth-order valence-electron chi connectivity index (χ4n) is 1.80. The molecule has 0 saturated carbocycles. The molecule has 0 bridgehead atoms. The Balaban J connectivity index is 2.32. The number of carboxylic acid groups (broad SMARTS) is 1. The van der Waals surface area contributed by atoms with Crippen molar-refractivity contribution in [3.63, 3.8) is 0 Å². The molecule has 0 unspecified atom stereocenters. The van der Waals surface area contributed by atoms with Gasteiger partial charge in [-0.1, -0.05) is 12.1 Å². The van der Waals surface area contributed by atoms with Crippen LogP contribution in [0.3, 0.4) is 0 Å². The second kappa shape index (κ2) is 5.98. The Bertz CT molecular complexity index is 714. The zero-order chi connectivity index (χ0) is 16.4. The van der Waals surface area contributed by atoms with Crippen molar-refractivity contribution in [2.45, 2.75) is 13.0 Å². The fourth-order valence-corrected chi connectivity index (χ4v) is 2.71. The minimum absolute atomic E-state index is 0.0265. The molecule has 1 fully saturated rings. The molecule has 1 heterocycles. The van der Waals surface area contributed by atoms with Crippen molar-refractivity contribution in [3.8, 4) is 0 Å². The van der Waals surface area contributed by atoms with Crippen LogP contribution in [-0.2, 0) is 9.59 Å². The summed E-state index contributed by atoms with van der Waals surface area (Å²) in [6, 6.07) is 4.28. The summed E-state index contributed by atoms with van der Waals surface area (Å²) in [6.07, 6.45) is 1.33. The van der Waals surface area contributed by atoms with Gasteiger partial charge < -0.3 is 5.11 Å². The van der Waals surface area contributed by atoms with Crippen LogP contribution >= 0.6 is 11.8 Å². The molecule has 0 radical (unpaired) electrons. The number of nitro groups is 1. The summed E-state index contributed by atoms with van der Waals surface area (Å²) in [5, 5.41) is 18.9. The van der Waals surface area contributed by atoms with Gasteiger partial charge in [-0.15, -0.1) is 0 Å². The van der Waals surface area contributed by atoms with Crippen LogP contribution in [0.5, 0.6) is 0 Å². The number of thioether (sulfide) groups is 1. The predicted molar refractivity (Wildman–Crippen MR) is 78.0 cm³/mol. The highest BCUT2D eigenvalue weighted by atomic mass is 32.2. The van der Waals surface area contributed by atoms with E-state index in [4.69, 9.17) is 5.11 Å². The molecule has 1 aliphatic heterocycles. The summed E-state index contributed by atoms with van der Waals surface area (Å²) >= 11 is 0.602. The zero-order valence-corrected chi connectivity index (χ0v) is 12.1. The van der Waals surface area contributed by atoms with Crippen molar-refractivity contribution in [2.75, 3.05) is 0 Å². The number of nitrogens with zero attached hydrogens (tertiary/aromatic N) is 2. The highest BCUT2D eigenvalue weighted by Crippen LogP contribution is 2.33. The third kappa shape index (κ3) is 2.98. The van der Waals surface area contributed by atoms with Crippen LogP contribution in [-0.4, -0.2) is 38.1 Å². The first-order valence-electron chi connectivity index (χ1n) is 6.05. The molecule has 1 saturated heterocycles. The summed E-state index contributed by atoms with van der Waals surface area (Å²) in [7, 11) is 0. The van der Waals surface area contributed by atoms with Crippen molar-refractivity contribution in [1.29, 1.82) is 0 Å². The fraction of sp³-hybridized carbons (Fsp3) is 0.154. The lowest BCUT2D eigenvalue weighted by Gasteiger charge is -2.16. The summed E-state index contributed by atoms with van der Waals surface area (Å²) < 4.78 is 0. The van der Waals surface area contributed by atoms with Crippen LogP contribution in [0.4, 0.5) is 10.5 Å². The van der Waals surface area contributed by atoms with E-state index in [1.807, 2.05) is 0 Å². The first-order chi connectivity index (χ1) is 10.3. The molecule has 1 N–H and O–H groups in total. The minimum atomic E-state index is -1.29. The topological polar surface area (TPSA) is 118 Å². The van der Waals surface area contributed by atoms with Crippen LogP contribution in [0.1, 0.15) is 12.5 Å². The second-order valence-electron chi connectivity index (χ2n) is 4.42. The molecule has 1 aliphatic rings. The van der Waals surface area contributed by atoms with Crippen molar-refractivity contribution < 1.29 is 24.4 Å². The molecule has 0 spiro atoms. The number of carbonyl (C=O) groups is 3. The van der Waals surface area contributed by atoms with Gasteiger partial charge in [-0.3, -0.25) is 24.6 Å². The number of nitro benzene ring substituents is 1. The van der Waals surface area contributed by atoms with Crippen LogP contribution in [0.25, 0.3) is 6.08 Å². The Morgan fingerprint density at radius 1 is 1.45 bits per heavy atom. The number of benzene rings is 1. The maximum absolute atomic E-state index is 12.1. The van der Waals surface area contributed by atoms with Gasteiger partial charge in [0, 0.05) is 12.1 Å². The second-order valence-corrected chi connectivity index (χ2v) is 5.41. The van der Waals surface area contributed by atoms with E-state index in [1.165, 1.54) is 31.2 Å². The maximum atomic E-state index is 12.1. The normalized spacial score (nSPS) is 17.9. The molecule has 2 amide bonds. The van der Waals surface area contributed by atoms with Crippen LogP contribution < -0.4 is 0 Å². The van der Waals surface area contributed by atoms with Gasteiger partial charge in [-0.25, -0.2) is 4.79 Å². The Labute approximate surface area is 128 Å². The molecule has 1 aromatic carbocycles. The molecule has 2 rings (SSSR count).